The third-order valence-corrected chi connectivity index (χ3v) is 7.25. The molecule has 0 aliphatic rings. The van der Waals surface area contributed by atoms with Crippen LogP contribution in [0.4, 0.5) is 5.82 Å². The number of fused-ring (bicyclic) bond motifs is 2. The molecule has 0 saturated heterocycles. The molecule has 0 radical (unpaired) electrons. The van der Waals surface area contributed by atoms with E-state index in [0.29, 0.717) is 23.7 Å². The van der Waals surface area contributed by atoms with E-state index in [9.17, 15) is 9.59 Å². The Bertz CT molecular complexity index is 1300. The van der Waals surface area contributed by atoms with Crippen molar-refractivity contribution in [3.63, 3.8) is 0 Å². The van der Waals surface area contributed by atoms with Gasteiger partial charge in [-0.2, -0.15) is 0 Å². The average Bonchev–Trinajstić information content (AvgIpc) is 3.30. The number of ether oxygens (including phenoxy) is 1. The van der Waals surface area contributed by atoms with E-state index in [1.165, 1.54) is 0 Å². The van der Waals surface area contributed by atoms with Gasteiger partial charge in [0.05, 0.1) is 11.2 Å². The number of nitrogens with one attached hydrogen (secondary N) is 1. The summed E-state index contributed by atoms with van der Waals surface area (Å²) in [7, 11) is 0.778. The Morgan fingerprint density at radius 2 is 1.94 bits per heavy atom. The molecule has 0 bridgehead atoms. The number of benzene rings is 1. The van der Waals surface area contributed by atoms with Gasteiger partial charge in [0.2, 0.25) is 0 Å². The zero-order valence-corrected chi connectivity index (χ0v) is 19.9. The highest BCUT2D eigenvalue weighted by Gasteiger charge is 2.15. The fraction of sp³-hybridized carbons (Fsp3) is 0.292. The first-order chi connectivity index (χ1) is 15.2. The average molecular weight is 449 g/mol. The first-order valence-electron chi connectivity index (χ1n) is 10.6. The van der Waals surface area contributed by atoms with Gasteiger partial charge in [0.1, 0.15) is 12.5 Å². The van der Waals surface area contributed by atoms with Crippen molar-refractivity contribution in [2.75, 3.05) is 11.9 Å². The van der Waals surface area contributed by atoms with Gasteiger partial charge in [0, 0.05) is 62.0 Å². The van der Waals surface area contributed by atoms with E-state index in [0.717, 1.165) is 34.1 Å². The first kappa shape index (κ1) is 22.0. The van der Waals surface area contributed by atoms with Crippen LogP contribution in [0.2, 0.25) is 25.7 Å². The molecule has 0 fully saturated rings. The number of hydrogen-bond donors (Lipinski definition) is 1. The van der Waals surface area contributed by atoms with Gasteiger partial charge >= 0.3 is 0 Å². The molecule has 166 valence electrons. The Morgan fingerprint density at radius 1 is 1.12 bits per heavy atom. The quantitative estimate of drug-likeness (QED) is 0.236. The van der Waals surface area contributed by atoms with Gasteiger partial charge in [-0.3, -0.25) is 9.59 Å². The molecule has 1 amide bonds. The predicted molar refractivity (Wildman–Crippen MR) is 130 cm³/mol. The van der Waals surface area contributed by atoms with Gasteiger partial charge in [-0.15, -0.1) is 0 Å². The standard InChI is InChI=1S/C24H28N4O3Si/c1-27-8-7-17-11-18(5-6-21(17)27)24(30)26-23-13-22-19(14-25-23)12-20(15-29)28(22)16-31-9-10-32(2,3)4/h5-8,11-15H,9-10,16H2,1-4H3,(H,25,26,30). The summed E-state index contributed by atoms with van der Waals surface area (Å²) in [6.07, 6.45) is 4.44. The van der Waals surface area contributed by atoms with E-state index in [4.69, 9.17) is 4.74 Å². The zero-order valence-electron chi connectivity index (χ0n) is 18.9. The lowest BCUT2D eigenvalue weighted by molar-refractivity contribution is 0.0863. The number of amides is 1. The summed E-state index contributed by atoms with van der Waals surface area (Å²) < 4.78 is 9.70. The molecule has 7 nitrogen and oxygen atoms in total. The van der Waals surface area contributed by atoms with Gasteiger partial charge in [0.25, 0.3) is 5.91 Å². The van der Waals surface area contributed by atoms with Crippen molar-refractivity contribution in [1.82, 2.24) is 14.1 Å². The highest BCUT2D eigenvalue weighted by atomic mass is 28.3. The number of anilines is 1. The predicted octanol–water partition coefficient (Wildman–Crippen LogP) is 4.91. The fourth-order valence-corrected chi connectivity index (χ4v) is 4.39. The maximum atomic E-state index is 12.8. The third-order valence-electron chi connectivity index (χ3n) is 5.54. The van der Waals surface area contributed by atoms with Crippen LogP contribution in [0.5, 0.6) is 0 Å². The lowest BCUT2D eigenvalue weighted by atomic mass is 10.1. The molecule has 8 heteroatoms. The van der Waals surface area contributed by atoms with Crippen molar-refractivity contribution < 1.29 is 14.3 Å². The number of aldehydes is 1. The first-order valence-corrected chi connectivity index (χ1v) is 14.3. The molecule has 0 unspecified atom stereocenters. The SMILES string of the molecule is Cn1ccc2cc(C(=O)Nc3cc4c(cn3)cc(C=O)n4COCC[Si](C)(C)C)ccc21. The van der Waals surface area contributed by atoms with Crippen molar-refractivity contribution in [3.05, 3.63) is 60.0 Å². The number of hydrogen-bond acceptors (Lipinski definition) is 4. The second-order valence-corrected chi connectivity index (χ2v) is 14.9. The van der Waals surface area contributed by atoms with Gasteiger partial charge < -0.3 is 19.2 Å². The Labute approximate surface area is 188 Å². The van der Waals surface area contributed by atoms with Gasteiger partial charge in [-0.25, -0.2) is 4.98 Å². The van der Waals surface area contributed by atoms with Crippen molar-refractivity contribution in [3.8, 4) is 0 Å². The van der Waals surface area contributed by atoms with Crippen LogP contribution in [0.3, 0.4) is 0 Å². The van der Waals surface area contributed by atoms with Crippen LogP contribution in [-0.4, -0.2) is 41.0 Å². The monoisotopic (exact) mass is 448 g/mol. The minimum absolute atomic E-state index is 0.234. The van der Waals surface area contributed by atoms with Crippen molar-refractivity contribution in [2.24, 2.45) is 7.05 Å². The van der Waals surface area contributed by atoms with Crippen LogP contribution < -0.4 is 5.32 Å². The molecule has 32 heavy (non-hydrogen) atoms. The van der Waals surface area contributed by atoms with Gasteiger partial charge in [0.15, 0.2) is 6.29 Å². The molecule has 0 spiro atoms. The smallest absolute Gasteiger partial charge is 0.256 e. The molecule has 0 aliphatic heterocycles. The van der Waals surface area contributed by atoms with E-state index in [1.54, 1.807) is 24.4 Å². The minimum Gasteiger partial charge on any atom is -0.361 e. The maximum absolute atomic E-state index is 12.8. The lowest BCUT2D eigenvalue weighted by Crippen LogP contribution is -2.22. The maximum Gasteiger partial charge on any atom is 0.256 e. The van der Waals surface area contributed by atoms with E-state index in [2.05, 4.69) is 29.9 Å². The highest BCUT2D eigenvalue weighted by Crippen LogP contribution is 2.23. The number of nitrogens with zero attached hydrogens (tertiary/aromatic N) is 3. The normalized spacial score (nSPS) is 11.9. The van der Waals surface area contributed by atoms with Crippen LogP contribution in [0.15, 0.2) is 48.8 Å². The number of aryl methyl sites for hydroxylation is 1. The summed E-state index contributed by atoms with van der Waals surface area (Å²) in [5, 5.41) is 4.70. The molecule has 0 atom stereocenters. The summed E-state index contributed by atoms with van der Waals surface area (Å²) >= 11 is 0. The molecule has 3 aromatic heterocycles. The molecule has 0 saturated carbocycles. The number of rotatable bonds is 8. The number of aromatic nitrogens is 3. The van der Waals surface area contributed by atoms with Crippen LogP contribution in [0, 0.1) is 0 Å². The van der Waals surface area contributed by atoms with Crippen molar-refractivity contribution >= 4 is 47.9 Å². The molecule has 0 aliphatic carbocycles. The number of carbonyl (C=O) groups is 2. The zero-order chi connectivity index (χ0) is 22.9. The summed E-state index contributed by atoms with van der Waals surface area (Å²) in [4.78, 5) is 28.7. The molecular formula is C24H28N4O3Si. The largest absolute Gasteiger partial charge is 0.361 e. The topological polar surface area (TPSA) is 78.2 Å². The third kappa shape index (κ3) is 4.66. The van der Waals surface area contributed by atoms with Crippen molar-refractivity contribution in [1.29, 1.82) is 0 Å². The minimum atomic E-state index is -1.19. The molecule has 1 N–H and O–H groups in total. The molecule has 3 heterocycles. The van der Waals surface area contributed by atoms with Crippen LogP contribution >= 0.6 is 0 Å². The second-order valence-electron chi connectivity index (χ2n) is 9.25. The highest BCUT2D eigenvalue weighted by molar-refractivity contribution is 6.76. The van der Waals surface area contributed by atoms with Crippen LogP contribution in [-0.2, 0) is 18.5 Å². The van der Waals surface area contributed by atoms with Crippen molar-refractivity contribution in [2.45, 2.75) is 32.4 Å². The number of carbonyl (C=O) groups excluding carboxylic acids is 2. The summed E-state index contributed by atoms with van der Waals surface area (Å²) in [5.74, 6) is 0.192. The Balaban J connectivity index is 1.54. The lowest BCUT2D eigenvalue weighted by Gasteiger charge is -2.16. The fourth-order valence-electron chi connectivity index (χ4n) is 3.63. The van der Waals surface area contributed by atoms with Gasteiger partial charge in [-0.05, 0) is 36.4 Å². The van der Waals surface area contributed by atoms with Gasteiger partial charge in [-0.1, -0.05) is 19.6 Å². The summed E-state index contributed by atoms with van der Waals surface area (Å²) in [6, 6.07) is 12.2. The number of pyridine rings is 1. The summed E-state index contributed by atoms with van der Waals surface area (Å²) in [6.45, 7) is 7.84. The van der Waals surface area contributed by atoms with E-state index >= 15 is 0 Å². The Hall–Kier alpha value is -3.23. The Kier molecular flexibility index (Phi) is 5.99. The van der Waals surface area contributed by atoms with Crippen LogP contribution in [0.25, 0.3) is 21.8 Å². The van der Waals surface area contributed by atoms with E-state index < -0.39 is 8.07 Å². The summed E-state index contributed by atoms with van der Waals surface area (Å²) in [5.41, 5.74) is 2.94. The van der Waals surface area contributed by atoms with E-state index in [-0.39, 0.29) is 12.6 Å². The molecule has 4 rings (SSSR count). The molecule has 4 aromatic rings. The Morgan fingerprint density at radius 3 is 2.69 bits per heavy atom. The molecule has 1 aromatic carbocycles. The van der Waals surface area contributed by atoms with Crippen LogP contribution in [0.1, 0.15) is 20.8 Å². The molecular weight excluding hydrogens is 420 g/mol. The van der Waals surface area contributed by atoms with E-state index in [1.807, 2.05) is 40.6 Å². The second kappa shape index (κ2) is 8.72.